The fourth-order valence-corrected chi connectivity index (χ4v) is 9.18. The number of Topliss-reactive ketones (excluding diaryl/α,β-unsaturated/α-hetero) is 1. The van der Waals surface area contributed by atoms with E-state index in [2.05, 4.69) is 0 Å². The molecule has 14 nitrogen and oxygen atoms in total. The fourth-order valence-electron chi connectivity index (χ4n) is 9.18. The Labute approximate surface area is 313 Å². The van der Waals surface area contributed by atoms with Crippen molar-refractivity contribution in [3.05, 3.63) is 57.6 Å². The number of likely N-dealkylation sites (N-methyl/N-ethyl adjacent to an activating group) is 1. The molecule has 0 amide bonds. The van der Waals surface area contributed by atoms with E-state index in [0.717, 1.165) is 0 Å². The molecule has 0 radical (unpaired) electrons. The van der Waals surface area contributed by atoms with Crippen molar-refractivity contribution in [3.8, 4) is 11.5 Å². The number of benzene rings is 2. The number of hydrogen-bond donors (Lipinski definition) is 3. The van der Waals surface area contributed by atoms with Gasteiger partial charge in [0.15, 0.2) is 36.2 Å². The van der Waals surface area contributed by atoms with Crippen LogP contribution in [0.2, 0.25) is 0 Å². The number of aryl methyl sites for hydroxylation is 1. The number of carbonyl (C=O) groups excluding carboxylic acids is 3. The van der Waals surface area contributed by atoms with Crippen LogP contribution in [0.4, 0.5) is 0 Å². The SMILES string of the molecule is CC[C@@]1(O)CCc2cc3c(c(O)c2[C@H]1OC1CC(N(C)C)C(OC2CC4OC5CC(=O)C(C)OC5OC4C(C)O2)C(C)O1)C(=O)c1cccc(O)c1C3=O. The van der Waals surface area contributed by atoms with Gasteiger partial charge >= 0.3 is 0 Å². The number of fused-ring (bicyclic) bond motifs is 5. The second-order valence-corrected chi connectivity index (χ2v) is 15.8. The van der Waals surface area contributed by atoms with Crippen LogP contribution in [0.3, 0.4) is 0 Å². The molecule has 0 aromatic heterocycles. The zero-order valence-corrected chi connectivity index (χ0v) is 31.4. The fraction of sp³-hybridized carbons (Fsp3) is 0.625. The summed E-state index contributed by atoms with van der Waals surface area (Å²) in [6.45, 7) is 7.33. The quantitative estimate of drug-likeness (QED) is 0.333. The lowest BCUT2D eigenvalue weighted by molar-refractivity contribution is -0.372. The lowest BCUT2D eigenvalue weighted by atomic mass is 9.72. The first-order valence-corrected chi connectivity index (χ1v) is 19.0. The van der Waals surface area contributed by atoms with Gasteiger partial charge in [-0.3, -0.25) is 14.4 Å². The van der Waals surface area contributed by atoms with Gasteiger partial charge in [0.1, 0.15) is 42.0 Å². The van der Waals surface area contributed by atoms with Crippen LogP contribution in [-0.2, 0) is 44.4 Å². The summed E-state index contributed by atoms with van der Waals surface area (Å²) in [6.07, 6.45) is -4.54. The van der Waals surface area contributed by atoms with Gasteiger partial charge < -0.3 is 53.4 Å². The Morgan fingerprint density at radius 3 is 2.33 bits per heavy atom. The summed E-state index contributed by atoms with van der Waals surface area (Å²) in [7, 11) is 3.87. The highest BCUT2D eigenvalue weighted by Crippen LogP contribution is 2.51. The van der Waals surface area contributed by atoms with Crippen molar-refractivity contribution in [1.29, 1.82) is 0 Å². The largest absolute Gasteiger partial charge is 0.507 e. The van der Waals surface area contributed by atoms with Gasteiger partial charge in [-0.1, -0.05) is 19.1 Å². The predicted molar refractivity (Wildman–Crippen MR) is 188 cm³/mol. The summed E-state index contributed by atoms with van der Waals surface area (Å²) in [5.74, 6) is -1.89. The summed E-state index contributed by atoms with van der Waals surface area (Å²) >= 11 is 0. The highest BCUT2D eigenvalue weighted by molar-refractivity contribution is 6.30. The topological polar surface area (TPSA) is 180 Å². The van der Waals surface area contributed by atoms with Gasteiger partial charge in [0.05, 0.1) is 35.0 Å². The van der Waals surface area contributed by atoms with Crippen LogP contribution < -0.4 is 0 Å². The molecule has 4 heterocycles. The molecule has 0 saturated carbocycles. The molecule has 2 aromatic rings. The molecule has 4 fully saturated rings. The first-order valence-electron chi connectivity index (χ1n) is 19.0. The second kappa shape index (κ2) is 14.0. The number of aliphatic hydroxyl groups is 1. The van der Waals surface area contributed by atoms with Crippen molar-refractivity contribution in [3.63, 3.8) is 0 Å². The van der Waals surface area contributed by atoms with E-state index in [4.69, 9.17) is 33.2 Å². The molecular weight excluding hydrogens is 702 g/mol. The Morgan fingerprint density at radius 2 is 1.59 bits per heavy atom. The number of rotatable bonds is 6. The summed E-state index contributed by atoms with van der Waals surface area (Å²) in [5, 5.41) is 34.3. The number of carbonyl (C=O) groups is 3. The zero-order valence-electron chi connectivity index (χ0n) is 31.4. The molecule has 14 heteroatoms. The smallest absolute Gasteiger partial charge is 0.198 e. The lowest BCUT2D eigenvalue weighted by Crippen LogP contribution is -2.62. The average molecular weight is 752 g/mol. The molecular formula is C40H49NO13. The van der Waals surface area contributed by atoms with Crippen molar-refractivity contribution < 1.29 is 62.9 Å². The maximum absolute atomic E-state index is 13.8. The van der Waals surface area contributed by atoms with Crippen LogP contribution in [0, 0.1) is 0 Å². The van der Waals surface area contributed by atoms with Crippen LogP contribution >= 0.6 is 0 Å². The van der Waals surface area contributed by atoms with Gasteiger partial charge in [-0.15, -0.1) is 0 Å². The van der Waals surface area contributed by atoms with E-state index in [1.54, 1.807) is 13.0 Å². The second-order valence-electron chi connectivity index (χ2n) is 15.8. The molecule has 0 spiro atoms. The number of phenolic OH excluding ortho intramolecular Hbond substituents is 2. The van der Waals surface area contributed by atoms with E-state index < -0.39 is 72.3 Å². The Kier molecular flexibility index (Phi) is 9.76. The summed E-state index contributed by atoms with van der Waals surface area (Å²) in [4.78, 5) is 41.7. The normalized spacial score (nSPS) is 39.0. The summed E-state index contributed by atoms with van der Waals surface area (Å²) < 4.78 is 44.5. The molecule has 11 unspecified atom stereocenters. The maximum Gasteiger partial charge on any atom is 0.198 e. The Hall–Kier alpha value is -3.31. The van der Waals surface area contributed by atoms with E-state index in [1.165, 1.54) is 18.2 Å². The Bertz CT molecular complexity index is 1850. The minimum Gasteiger partial charge on any atom is -0.507 e. The van der Waals surface area contributed by atoms with Crippen molar-refractivity contribution in [2.75, 3.05) is 14.1 Å². The number of ketones is 3. The van der Waals surface area contributed by atoms with Crippen molar-refractivity contribution >= 4 is 17.3 Å². The molecule has 13 atom stereocenters. The number of nitrogens with zero attached hydrogens (tertiary/aromatic N) is 1. The number of hydrogen-bond acceptors (Lipinski definition) is 14. The van der Waals surface area contributed by atoms with Gasteiger partial charge in [-0.05, 0) is 71.8 Å². The third-order valence-corrected chi connectivity index (χ3v) is 12.3. The van der Waals surface area contributed by atoms with Crippen molar-refractivity contribution in [2.45, 2.75) is 146 Å². The third-order valence-electron chi connectivity index (χ3n) is 12.3. The highest BCUT2D eigenvalue weighted by atomic mass is 16.8. The van der Waals surface area contributed by atoms with Gasteiger partial charge in [0.25, 0.3) is 0 Å². The van der Waals surface area contributed by atoms with E-state index >= 15 is 0 Å². The number of phenols is 2. The van der Waals surface area contributed by atoms with Gasteiger partial charge in [-0.2, -0.15) is 0 Å². The van der Waals surface area contributed by atoms with E-state index in [9.17, 15) is 29.7 Å². The van der Waals surface area contributed by atoms with E-state index in [-0.39, 0.29) is 83.0 Å². The van der Waals surface area contributed by atoms with Crippen LogP contribution in [0.5, 0.6) is 11.5 Å². The number of ether oxygens (including phenoxy) is 7. The maximum atomic E-state index is 13.8. The zero-order chi connectivity index (χ0) is 38.4. The van der Waals surface area contributed by atoms with E-state index in [0.29, 0.717) is 24.8 Å². The standard InChI is InChI=1S/C40H49NO13/c1-7-40(47)12-11-20-13-22-32(33(44)21-9-8-10-24(42)31(21)34(22)45)35(46)30(20)38(40)53-28-14-23(41(5)6)36(18(3)48-28)52-29-16-26-37(19(4)49-29)54-39-27(51-26)15-25(43)17(2)50-39/h8-10,13,17-19,23,26-29,36-39,42,46-47H,7,11-12,14-16H2,1-6H3/t17?,18?,19?,23?,26?,27?,28?,29?,36?,37?,38-,39?,40-/m1/s1. The first kappa shape index (κ1) is 37.6. The molecule has 4 aliphatic heterocycles. The van der Waals surface area contributed by atoms with Gasteiger partial charge in [0, 0.05) is 42.0 Å². The predicted octanol–water partition coefficient (Wildman–Crippen LogP) is 3.46. The number of aromatic hydroxyl groups is 2. The Morgan fingerprint density at radius 1 is 0.870 bits per heavy atom. The lowest BCUT2D eigenvalue weighted by Gasteiger charge is -2.51. The average Bonchev–Trinajstić information content (AvgIpc) is 3.12. The van der Waals surface area contributed by atoms with Crippen LogP contribution in [-0.4, -0.2) is 125 Å². The van der Waals surface area contributed by atoms with Crippen LogP contribution in [0.1, 0.15) is 109 Å². The molecule has 54 heavy (non-hydrogen) atoms. The monoisotopic (exact) mass is 751 g/mol. The molecule has 6 aliphatic rings. The highest BCUT2D eigenvalue weighted by Gasteiger charge is 2.52. The first-order chi connectivity index (χ1) is 25.7. The van der Waals surface area contributed by atoms with Crippen LogP contribution in [0.25, 0.3) is 0 Å². The minimum absolute atomic E-state index is 0.00236. The molecule has 3 N–H and O–H groups in total. The summed E-state index contributed by atoms with van der Waals surface area (Å²) in [6, 6.07) is 5.62. The van der Waals surface area contributed by atoms with E-state index in [1.807, 2.05) is 39.8 Å². The molecule has 2 aliphatic carbocycles. The molecule has 0 bridgehead atoms. The molecule has 292 valence electrons. The van der Waals surface area contributed by atoms with Gasteiger partial charge in [0.2, 0.25) is 0 Å². The molecule has 2 aromatic carbocycles. The summed E-state index contributed by atoms with van der Waals surface area (Å²) in [5.41, 5.74) is -0.855. The van der Waals surface area contributed by atoms with Crippen LogP contribution in [0.15, 0.2) is 24.3 Å². The molecule has 4 saturated heterocycles. The van der Waals surface area contributed by atoms with Crippen molar-refractivity contribution in [2.24, 2.45) is 0 Å². The van der Waals surface area contributed by atoms with Crippen molar-refractivity contribution in [1.82, 2.24) is 4.90 Å². The minimum atomic E-state index is -1.42. The molecule has 8 rings (SSSR count). The Balaban J connectivity index is 1.02. The van der Waals surface area contributed by atoms with Gasteiger partial charge in [-0.25, -0.2) is 0 Å². The third kappa shape index (κ3) is 6.20.